The lowest BCUT2D eigenvalue weighted by molar-refractivity contribution is -0.120. The number of nitrogens with one attached hydrogen (secondary N) is 2. The van der Waals surface area contributed by atoms with Gasteiger partial charge in [0.05, 0.1) is 16.8 Å². The van der Waals surface area contributed by atoms with Gasteiger partial charge in [-0.1, -0.05) is 0 Å². The van der Waals surface area contributed by atoms with Gasteiger partial charge in [0.25, 0.3) is 5.91 Å². The van der Waals surface area contributed by atoms with E-state index in [0.29, 0.717) is 24.2 Å². The lowest BCUT2D eigenvalue weighted by Gasteiger charge is -2.32. The summed E-state index contributed by atoms with van der Waals surface area (Å²) < 4.78 is 0. The van der Waals surface area contributed by atoms with Crippen molar-refractivity contribution < 1.29 is 9.59 Å². The van der Waals surface area contributed by atoms with Gasteiger partial charge in [-0.2, -0.15) is 5.10 Å². The first-order chi connectivity index (χ1) is 13.9. The number of anilines is 2. The minimum Gasteiger partial charge on any atom is -0.364 e. The molecule has 4 heterocycles. The van der Waals surface area contributed by atoms with Crippen LogP contribution < -0.4 is 16.0 Å². The first-order valence-corrected chi connectivity index (χ1v) is 10.3. The number of aromatic nitrogens is 4. The number of carbonyl (C=O) groups excluding carboxylic acids is 2. The second-order valence-corrected chi connectivity index (χ2v) is 8.55. The summed E-state index contributed by atoms with van der Waals surface area (Å²) in [5.74, 6) is 0.00188. The molecule has 0 saturated carbocycles. The lowest BCUT2D eigenvalue weighted by atomic mass is 9.95. The zero-order valence-corrected chi connectivity index (χ0v) is 17.4. The van der Waals surface area contributed by atoms with Gasteiger partial charge >= 0.3 is 0 Å². The summed E-state index contributed by atoms with van der Waals surface area (Å²) in [6, 6.07) is 0. The van der Waals surface area contributed by atoms with Crippen molar-refractivity contribution >= 4 is 44.9 Å². The van der Waals surface area contributed by atoms with E-state index in [2.05, 4.69) is 44.2 Å². The van der Waals surface area contributed by atoms with Crippen LogP contribution in [0.15, 0.2) is 6.33 Å². The van der Waals surface area contributed by atoms with Crippen molar-refractivity contribution in [2.24, 2.45) is 11.7 Å². The number of nitrogens with two attached hydrogens (primary N) is 1. The van der Waals surface area contributed by atoms with Crippen LogP contribution in [0.4, 0.5) is 11.5 Å². The standard InChI is InChI=1S/C19H23N7O2S/c1-9-11(3)29-19-13(9)17(21-8-22-19)26-6-4-12(5-7-26)18(28)23-14-10(2)24-25-15(14)16(20)27/h8,12H,4-7H2,1-3H3,(H2,20,27)(H,23,28)(H,24,25). The Labute approximate surface area is 171 Å². The van der Waals surface area contributed by atoms with Crippen LogP contribution in [0.3, 0.4) is 0 Å². The molecular formula is C19H23N7O2S. The van der Waals surface area contributed by atoms with Crippen molar-refractivity contribution in [3.05, 3.63) is 28.2 Å². The number of H-pyrrole nitrogens is 1. The minimum atomic E-state index is -0.673. The van der Waals surface area contributed by atoms with Gasteiger partial charge in [-0.15, -0.1) is 11.3 Å². The molecule has 9 nitrogen and oxygen atoms in total. The van der Waals surface area contributed by atoms with E-state index < -0.39 is 5.91 Å². The molecule has 0 atom stereocenters. The average Bonchev–Trinajstić information content (AvgIpc) is 3.21. The van der Waals surface area contributed by atoms with Crippen molar-refractivity contribution in [2.45, 2.75) is 33.6 Å². The van der Waals surface area contributed by atoms with Crippen LogP contribution in [-0.2, 0) is 4.79 Å². The number of fused-ring (bicyclic) bond motifs is 1. The molecule has 1 fully saturated rings. The molecule has 29 heavy (non-hydrogen) atoms. The van der Waals surface area contributed by atoms with Crippen molar-refractivity contribution in [1.82, 2.24) is 20.2 Å². The van der Waals surface area contributed by atoms with Crippen LogP contribution in [0.1, 0.15) is 39.5 Å². The summed E-state index contributed by atoms with van der Waals surface area (Å²) in [5.41, 5.74) is 7.58. The van der Waals surface area contributed by atoms with E-state index in [1.165, 1.54) is 10.4 Å². The van der Waals surface area contributed by atoms with Crippen LogP contribution in [0, 0.1) is 26.7 Å². The number of primary amides is 1. The Morgan fingerprint density at radius 2 is 1.97 bits per heavy atom. The minimum absolute atomic E-state index is 0.0555. The molecule has 0 aliphatic carbocycles. The molecule has 1 aliphatic heterocycles. The van der Waals surface area contributed by atoms with Crippen LogP contribution in [0.25, 0.3) is 10.2 Å². The summed E-state index contributed by atoms with van der Waals surface area (Å²) in [5, 5.41) is 10.5. The third-order valence-electron chi connectivity index (χ3n) is 5.54. The Morgan fingerprint density at radius 3 is 2.66 bits per heavy atom. The van der Waals surface area contributed by atoms with Gasteiger partial charge in [0.1, 0.15) is 17.0 Å². The first-order valence-electron chi connectivity index (χ1n) is 9.48. The maximum atomic E-state index is 12.8. The van der Waals surface area contributed by atoms with Crippen LogP contribution in [0.5, 0.6) is 0 Å². The lowest BCUT2D eigenvalue weighted by Crippen LogP contribution is -2.39. The molecule has 152 valence electrons. The van der Waals surface area contributed by atoms with Crippen LogP contribution in [0.2, 0.25) is 0 Å². The molecule has 4 rings (SSSR count). The number of carbonyl (C=O) groups is 2. The summed E-state index contributed by atoms with van der Waals surface area (Å²) in [4.78, 5) is 37.7. The van der Waals surface area contributed by atoms with Gasteiger partial charge in [0.2, 0.25) is 5.91 Å². The predicted molar refractivity (Wildman–Crippen MR) is 112 cm³/mol. The van der Waals surface area contributed by atoms with E-state index >= 15 is 0 Å². The largest absolute Gasteiger partial charge is 0.364 e. The average molecular weight is 414 g/mol. The second kappa shape index (κ2) is 7.43. The number of hydrogen-bond acceptors (Lipinski definition) is 7. The second-order valence-electron chi connectivity index (χ2n) is 7.35. The van der Waals surface area contributed by atoms with Gasteiger partial charge in [0.15, 0.2) is 5.69 Å². The van der Waals surface area contributed by atoms with Crippen LogP contribution >= 0.6 is 11.3 Å². The van der Waals surface area contributed by atoms with Gasteiger partial charge in [0, 0.05) is 23.9 Å². The van der Waals surface area contributed by atoms with E-state index in [0.717, 1.165) is 29.1 Å². The normalized spacial score (nSPS) is 15.1. The Hall–Kier alpha value is -3.01. The summed E-state index contributed by atoms with van der Waals surface area (Å²) in [7, 11) is 0. The van der Waals surface area contributed by atoms with E-state index in [1.54, 1.807) is 24.6 Å². The summed E-state index contributed by atoms with van der Waals surface area (Å²) in [6.07, 6.45) is 3.00. The van der Waals surface area contributed by atoms with Gasteiger partial charge in [-0.05, 0) is 39.2 Å². The number of aromatic amines is 1. The third kappa shape index (κ3) is 3.44. The SMILES string of the molecule is Cc1[nH]nc(C(N)=O)c1NC(=O)C1CCN(c2ncnc3sc(C)c(C)c23)CC1. The van der Waals surface area contributed by atoms with Gasteiger partial charge < -0.3 is 16.0 Å². The van der Waals surface area contributed by atoms with Gasteiger partial charge in [-0.3, -0.25) is 14.7 Å². The fourth-order valence-corrected chi connectivity index (χ4v) is 4.73. The quantitative estimate of drug-likeness (QED) is 0.602. The molecule has 2 amide bonds. The molecule has 0 spiro atoms. The zero-order valence-electron chi connectivity index (χ0n) is 16.6. The molecule has 10 heteroatoms. The number of thiophene rings is 1. The predicted octanol–water partition coefficient (Wildman–Crippen LogP) is 2.29. The molecule has 0 unspecified atom stereocenters. The highest BCUT2D eigenvalue weighted by molar-refractivity contribution is 7.18. The molecule has 4 N–H and O–H groups in total. The number of hydrogen-bond donors (Lipinski definition) is 3. The highest BCUT2D eigenvalue weighted by Gasteiger charge is 2.29. The summed E-state index contributed by atoms with van der Waals surface area (Å²) >= 11 is 1.68. The fourth-order valence-electron chi connectivity index (χ4n) is 3.74. The molecule has 3 aromatic rings. The number of rotatable bonds is 4. The highest BCUT2D eigenvalue weighted by Crippen LogP contribution is 2.35. The smallest absolute Gasteiger partial charge is 0.271 e. The number of nitrogens with zero attached hydrogens (tertiary/aromatic N) is 4. The molecule has 1 aliphatic rings. The Morgan fingerprint density at radius 1 is 1.24 bits per heavy atom. The number of aryl methyl sites for hydroxylation is 3. The molecule has 0 bridgehead atoms. The van der Waals surface area contributed by atoms with E-state index in [4.69, 9.17) is 5.73 Å². The molecule has 0 radical (unpaired) electrons. The van der Waals surface area contributed by atoms with Crippen molar-refractivity contribution in [3.8, 4) is 0 Å². The number of amides is 2. The van der Waals surface area contributed by atoms with Crippen LogP contribution in [-0.4, -0.2) is 45.1 Å². The van der Waals surface area contributed by atoms with Crippen molar-refractivity contribution in [1.29, 1.82) is 0 Å². The first kappa shape index (κ1) is 19.3. The highest BCUT2D eigenvalue weighted by atomic mass is 32.1. The fraction of sp³-hybridized carbons (Fsp3) is 0.421. The Bertz CT molecular complexity index is 1100. The molecule has 3 aromatic heterocycles. The third-order valence-corrected chi connectivity index (χ3v) is 6.65. The number of piperidine rings is 1. The Kier molecular flexibility index (Phi) is 4.95. The summed E-state index contributed by atoms with van der Waals surface area (Å²) in [6.45, 7) is 7.39. The maximum Gasteiger partial charge on any atom is 0.271 e. The van der Waals surface area contributed by atoms with E-state index in [9.17, 15) is 9.59 Å². The monoisotopic (exact) mass is 413 g/mol. The zero-order chi connectivity index (χ0) is 20.7. The van der Waals surface area contributed by atoms with Crippen molar-refractivity contribution in [2.75, 3.05) is 23.3 Å². The topological polar surface area (TPSA) is 130 Å². The Balaban J connectivity index is 1.47. The van der Waals surface area contributed by atoms with E-state index in [1.807, 2.05) is 0 Å². The van der Waals surface area contributed by atoms with Gasteiger partial charge in [-0.25, -0.2) is 9.97 Å². The maximum absolute atomic E-state index is 12.8. The molecule has 0 aromatic carbocycles. The van der Waals surface area contributed by atoms with Crippen molar-refractivity contribution in [3.63, 3.8) is 0 Å². The van der Waals surface area contributed by atoms with E-state index in [-0.39, 0.29) is 17.5 Å². The molecular weight excluding hydrogens is 390 g/mol. The molecule has 1 saturated heterocycles.